The first-order valence-corrected chi connectivity index (χ1v) is 11.7. The number of carbonyl (C=O) groups is 2. The van der Waals surface area contributed by atoms with Crippen LogP contribution < -0.4 is 0 Å². The normalized spacial score (nSPS) is 17.6. The Morgan fingerprint density at radius 1 is 1.06 bits per heavy atom. The van der Waals surface area contributed by atoms with Crippen LogP contribution in [-0.2, 0) is 17.8 Å². The quantitative estimate of drug-likeness (QED) is 0.611. The summed E-state index contributed by atoms with van der Waals surface area (Å²) in [5.41, 5.74) is 0.541. The van der Waals surface area contributed by atoms with Gasteiger partial charge in [-0.05, 0) is 30.9 Å². The molecule has 2 amide bonds. The van der Waals surface area contributed by atoms with Gasteiger partial charge in [0.1, 0.15) is 0 Å². The van der Waals surface area contributed by atoms with Crippen LogP contribution in [0.3, 0.4) is 0 Å². The number of halogens is 2. The lowest BCUT2D eigenvalue weighted by Crippen LogP contribution is -2.48. The predicted octanol–water partition coefficient (Wildman–Crippen LogP) is 3.29. The number of hydrogen-bond donors (Lipinski definition) is 0. The van der Waals surface area contributed by atoms with Crippen molar-refractivity contribution >= 4 is 35.8 Å². The van der Waals surface area contributed by atoms with Crippen molar-refractivity contribution in [2.45, 2.75) is 39.2 Å². The zero-order valence-electron chi connectivity index (χ0n) is 18.9. The third-order valence-corrected chi connectivity index (χ3v) is 6.66. The molecule has 2 aliphatic heterocycles. The van der Waals surface area contributed by atoms with E-state index in [1.54, 1.807) is 12.1 Å². The highest BCUT2D eigenvalue weighted by atomic mass is 35.5. The summed E-state index contributed by atoms with van der Waals surface area (Å²) in [7, 11) is 0. The molecule has 0 bridgehead atoms. The minimum absolute atomic E-state index is 0. The minimum atomic E-state index is -0.0371. The van der Waals surface area contributed by atoms with Crippen LogP contribution in [0, 0.1) is 5.92 Å². The maximum atomic E-state index is 12.7. The fraction of sp³-hybridized carbons (Fsp3) is 0.565. The Kier molecular flexibility index (Phi) is 9.11. The maximum Gasteiger partial charge on any atom is 0.255 e. The van der Waals surface area contributed by atoms with E-state index in [1.165, 1.54) is 0 Å². The lowest BCUT2D eigenvalue weighted by molar-refractivity contribution is -0.132. The molecule has 0 saturated carbocycles. The van der Waals surface area contributed by atoms with Gasteiger partial charge in [0.15, 0.2) is 5.82 Å². The maximum absolute atomic E-state index is 12.7. The van der Waals surface area contributed by atoms with Gasteiger partial charge in [0.2, 0.25) is 11.8 Å². The van der Waals surface area contributed by atoms with E-state index in [-0.39, 0.29) is 24.2 Å². The van der Waals surface area contributed by atoms with Crippen molar-refractivity contribution in [2.24, 2.45) is 5.92 Å². The molecule has 10 heteroatoms. The minimum Gasteiger partial charge on any atom is -0.343 e. The zero-order chi connectivity index (χ0) is 22.5. The van der Waals surface area contributed by atoms with Gasteiger partial charge in [-0.3, -0.25) is 14.5 Å². The standard InChI is InChI=1S/C23H30ClN5O3.ClH/c1-17-8-10-28(11-9-17)22(30)7-6-21-25-20(26-32-21)16-27-12-14-29(15-13-27)23(31)18-4-2-3-5-19(18)24;/h2-5,17H,6-16H2,1H3;1H. The molecule has 4 rings (SSSR count). The predicted molar refractivity (Wildman–Crippen MR) is 127 cm³/mol. The second-order valence-electron chi connectivity index (χ2n) is 8.72. The Bertz CT molecular complexity index is 938. The summed E-state index contributed by atoms with van der Waals surface area (Å²) in [5.74, 6) is 1.95. The van der Waals surface area contributed by atoms with E-state index >= 15 is 0 Å². The summed E-state index contributed by atoms with van der Waals surface area (Å²) in [4.78, 5) is 35.5. The highest BCUT2D eigenvalue weighted by Gasteiger charge is 2.25. The largest absolute Gasteiger partial charge is 0.343 e. The smallest absolute Gasteiger partial charge is 0.255 e. The molecule has 0 atom stereocenters. The third kappa shape index (κ3) is 6.68. The van der Waals surface area contributed by atoms with E-state index in [0.717, 1.165) is 39.0 Å². The molecule has 2 fully saturated rings. The fourth-order valence-corrected chi connectivity index (χ4v) is 4.42. The van der Waals surface area contributed by atoms with Crippen molar-refractivity contribution in [1.29, 1.82) is 0 Å². The molecule has 0 N–H and O–H groups in total. The van der Waals surface area contributed by atoms with Crippen LogP contribution in [0.5, 0.6) is 0 Å². The van der Waals surface area contributed by atoms with Crippen molar-refractivity contribution in [3.63, 3.8) is 0 Å². The topological polar surface area (TPSA) is 82.8 Å². The van der Waals surface area contributed by atoms with Crippen LogP contribution in [0.15, 0.2) is 28.8 Å². The Morgan fingerprint density at radius 2 is 1.76 bits per heavy atom. The van der Waals surface area contributed by atoms with Crippen LogP contribution in [0.4, 0.5) is 0 Å². The molecular formula is C23H31Cl2N5O3. The number of aromatic nitrogens is 2. The Hall–Kier alpha value is -2.16. The van der Waals surface area contributed by atoms with Crippen molar-refractivity contribution in [3.05, 3.63) is 46.6 Å². The van der Waals surface area contributed by atoms with Gasteiger partial charge in [-0.1, -0.05) is 35.8 Å². The molecule has 33 heavy (non-hydrogen) atoms. The first-order chi connectivity index (χ1) is 15.5. The average molecular weight is 496 g/mol. The average Bonchev–Trinajstić information content (AvgIpc) is 3.25. The van der Waals surface area contributed by atoms with E-state index in [1.807, 2.05) is 21.9 Å². The number of aryl methyl sites for hydroxylation is 1. The van der Waals surface area contributed by atoms with E-state index in [9.17, 15) is 9.59 Å². The molecule has 0 unspecified atom stereocenters. The van der Waals surface area contributed by atoms with E-state index in [0.29, 0.717) is 60.7 Å². The number of piperidine rings is 1. The lowest BCUT2D eigenvalue weighted by Gasteiger charge is -2.34. The molecule has 0 radical (unpaired) electrons. The number of likely N-dealkylation sites (tertiary alicyclic amines) is 1. The number of amides is 2. The van der Waals surface area contributed by atoms with Crippen molar-refractivity contribution in [1.82, 2.24) is 24.8 Å². The molecule has 2 saturated heterocycles. The Morgan fingerprint density at radius 3 is 2.45 bits per heavy atom. The van der Waals surface area contributed by atoms with Gasteiger partial charge in [-0.2, -0.15) is 4.98 Å². The van der Waals surface area contributed by atoms with Crippen LogP contribution in [-0.4, -0.2) is 75.9 Å². The molecule has 0 aliphatic carbocycles. The molecule has 8 nitrogen and oxygen atoms in total. The molecule has 2 aliphatic rings. The van der Waals surface area contributed by atoms with Gasteiger partial charge in [0, 0.05) is 52.1 Å². The van der Waals surface area contributed by atoms with E-state index in [4.69, 9.17) is 16.1 Å². The van der Waals surface area contributed by atoms with Crippen molar-refractivity contribution < 1.29 is 14.1 Å². The summed E-state index contributed by atoms with van der Waals surface area (Å²) >= 11 is 6.16. The van der Waals surface area contributed by atoms with Crippen LogP contribution in [0.1, 0.15) is 48.3 Å². The second kappa shape index (κ2) is 11.8. The summed E-state index contributed by atoms with van der Waals surface area (Å²) in [5, 5.41) is 4.55. The fourth-order valence-electron chi connectivity index (χ4n) is 4.20. The first kappa shape index (κ1) is 25.5. The van der Waals surface area contributed by atoms with Gasteiger partial charge in [-0.15, -0.1) is 12.4 Å². The molecule has 1 aromatic carbocycles. The van der Waals surface area contributed by atoms with Gasteiger partial charge in [0.05, 0.1) is 17.1 Å². The Labute approximate surface area is 205 Å². The molecule has 1 aromatic heterocycles. The summed E-state index contributed by atoms with van der Waals surface area (Å²) in [6, 6.07) is 7.14. The van der Waals surface area contributed by atoms with Crippen LogP contribution >= 0.6 is 24.0 Å². The zero-order valence-corrected chi connectivity index (χ0v) is 20.5. The van der Waals surface area contributed by atoms with Crippen LogP contribution in [0.2, 0.25) is 5.02 Å². The van der Waals surface area contributed by atoms with Gasteiger partial charge in [0.25, 0.3) is 5.91 Å². The summed E-state index contributed by atoms with van der Waals surface area (Å²) in [6.07, 6.45) is 3.03. The van der Waals surface area contributed by atoms with Crippen LogP contribution in [0.25, 0.3) is 0 Å². The highest BCUT2D eigenvalue weighted by Crippen LogP contribution is 2.19. The lowest BCUT2D eigenvalue weighted by atomic mass is 9.99. The number of piperazine rings is 1. The van der Waals surface area contributed by atoms with Gasteiger partial charge in [-0.25, -0.2) is 0 Å². The van der Waals surface area contributed by atoms with Crippen molar-refractivity contribution in [2.75, 3.05) is 39.3 Å². The number of nitrogens with zero attached hydrogens (tertiary/aromatic N) is 5. The molecule has 2 aromatic rings. The third-order valence-electron chi connectivity index (χ3n) is 6.33. The second-order valence-corrected chi connectivity index (χ2v) is 9.12. The highest BCUT2D eigenvalue weighted by molar-refractivity contribution is 6.33. The molecule has 3 heterocycles. The SMILES string of the molecule is CC1CCN(C(=O)CCc2nc(CN3CCN(C(=O)c4ccccc4Cl)CC3)no2)CC1.Cl. The van der Waals surface area contributed by atoms with Gasteiger partial charge < -0.3 is 14.3 Å². The number of benzene rings is 1. The summed E-state index contributed by atoms with van der Waals surface area (Å²) in [6.45, 7) is 7.20. The van der Waals surface area contributed by atoms with E-state index in [2.05, 4.69) is 22.0 Å². The molecule has 180 valence electrons. The van der Waals surface area contributed by atoms with Gasteiger partial charge >= 0.3 is 0 Å². The molecule has 0 spiro atoms. The van der Waals surface area contributed by atoms with E-state index < -0.39 is 0 Å². The number of carbonyl (C=O) groups excluding carboxylic acids is 2. The number of rotatable bonds is 6. The molecular weight excluding hydrogens is 465 g/mol. The Balaban J connectivity index is 0.00000306. The number of hydrogen-bond acceptors (Lipinski definition) is 6. The first-order valence-electron chi connectivity index (χ1n) is 11.3. The van der Waals surface area contributed by atoms with Crippen molar-refractivity contribution in [3.8, 4) is 0 Å². The summed E-state index contributed by atoms with van der Waals surface area (Å²) < 4.78 is 5.35. The monoisotopic (exact) mass is 495 g/mol.